The van der Waals surface area contributed by atoms with Gasteiger partial charge in [-0.05, 0) is 23.4 Å². The monoisotopic (exact) mass is 315 g/mol. The number of hydrogen-bond acceptors (Lipinski definition) is 5. The Balaban J connectivity index is 2.31. The summed E-state index contributed by atoms with van der Waals surface area (Å²) in [6.45, 7) is 0.633. The largest absolute Gasteiger partial charge is 0.380 e. The van der Waals surface area contributed by atoms with Crippen molar-refractivity contribution in [1.82, 2.24) is 4.90 Å². The molecule has 0 fully saturated rings. The first-order chi connectivity index (χ1) is 11.6. The van der Waals surface area contributed by atoms with E-state index in [1.54, 1.807) is 0 Å². The Kier molecular flexibility index (Phi) is 3.86. The quantitative estimate of drug-likeness (QED) is 0.854. The minimum Gasteiger partial charge on any atom is -0.380 e. The molecule has 0 bridgehead atoms. The Hall–Kier alpha value is -3.07. The van der Waals surface area contributed by atoms with Crippen molar-refractivity contribution in [2.75, 3.05) is 13.6 Å². The van der Waals surface area contributed by atoms with E-state index in [9.17, 15) is 15.8 Å². The molecule has 3 atom stereocenters. The van der Waals surface area contributed by atoms with E-state index < -0.39 is 11.5 Å². The molecule has 24 heavy (non-hydrogen) atoms. The zero-order valence-corrected chi connectivity index (χ0v) is 13.3. The maximum Gasteiger partial charge on any atom is 0.170 e. The third-order valence-electron chi connectivity index (χ3n) is 5.05. The van der Waals surface area contributed by atoms with E-state index >= 15 is 0 Å². The third kappa shape index (κ3) is 2.09. The number of fused-ring (bicyclic) bond motifs is 1. The van der Waals surface area contributed by atoms with Crippen LogP contribution >= 0.6 is 0 Å². The van der Waals surface area contributed by atoms with Crippen LogP contribution in [0.15, 0.2) is 53.8 Å². The van der Waals surface area contributed by atoms with E-state index in [-0.39, 0.29) is 11.8 Å². The Morgan fingerprint density at radius 3 is 2.42 bits per heavy atom. The maximum absolute atomic E-state index is 9.90. The first-order valence-electron chi connectivity index (χ1n) is 7.74. The topological polar surface area (TPSA) is 101 Å². The van der Waals surface area contributed by atoms with Gasteiger partial charge in [-0.2, -0.15) is 15.8 Å². The van der Waals surface area contributed by atoms with Crippen LogP contribution in [0.25, 0.3) is 0 Å². The average Bonchev–Trinajstić information content (AvgIpc) is 2.62. The van der Waals surface area contributed by atoms with Crippen LogP contribution in [0.2, 0.25) is 0 Å². The van der Waals surface area contributed by atoms with Crippen LogP contribution < -0.4 is 5.73 Å². The van der Waals surface area contributed by atoms with Crippen LogP contribution in [0.5, 0.6) is 0 Å². The number of rotatable bonds is 1. The molecule has 1 aliphatic carbocycles. The fraction of sp³-hybridized carbons (Fsp3) is 0.316. The van der Waals surface area contributed by atoms with E-state index in [1.807, 2.05) is 54.6 Å². The van der Waals surface area contributed by atoms with Crippen molar-refractivity contribution in [1.29, 1.82) is 15.8 Å². The van der Waals surface area contributed by atoms with Crippen molar-refractivity contribution in [3.05, 3.63) is 59.3 Å². The maximum atomic E-state index is 9.90. The Morgan fingerprint density at radius 2 is 1.83 bits per heavy atom. The van der Waals surface area contributed by atoms with E-state index in [0.717, 1.165) is 11.1 Å². The summed E-state index contributed by atoms with van der Waals surface area (Å²) in [5, 5.41) is 29.4. The minimum atomic E-state index is -1.47. The van der Waals surface area contributed by atoms with Crippen LogP contribution in [0.3, 0.4) is 0 Å². The fourth-order valence-electron chi connectivity index (χ4n) is 3.89. The second kappa shape index (κ2) is 5.85. The molecule has 0 spiro atoms. The van der Waals surface area contributed by atoms with Gasteiger partial charge in [-0.25, -0.2) is 0 Å². The van der Waals surface area contributed by atoms with Gasteiger partial charge in [0.05, 0.1) is 29.8 Å². The number of nitrogens with two attached hydrogens (primary N) is 1. The van der Waals surface area contributed by atoms with Crippen LogP contribution in [0.4, 0.5) is 0 Å². The first-order valence-corrected chi connectivity index (χ1v) is 7.74. The molecule has 5 heteroatoms. The van der Waals surface area contributed by atoms with Crippen molar-refractivity contribution in [2.45, 2.75) is 12.0 Å². The molecule has 0 aromatic heterocycles. The normalized spacial score (nSPS) is 27.6. The summed E-state index contributed by atoms with van der Waals surface area (Å²) in [4.78, 5) is 2.01. The summed E-state index contributed by atoms with van der Waals surface area (Å²) in [5.41, 5.74) is 6.92. The fourth-order valence-corrected chi connectivity index (χ4v) is 3.89. The highest BCUT2D eigenvalue weighted by Crippen LogP contribution is 2.52. The van der Waals surface area contributed by atoms with Crippen molar-refractivity contribution in [3.8, 4) is 18.2 Å². The predicted octanol–water partition coefficient (Wildman–Crippen LogP) is 2.04. The number of nitriles is 3. The molecular formula is C19H17N5. The van der Waals surface area contributed by atoms with E-state index in [0.29, 0.717) is 12.1 Å². The van der Waals surface area contributed by atoms with Gasteiger partial charge in [0.15, 0.2) is 5.41 Å². The number of nitrogens with zero attached hydrogens (tertiary/aromatic N) is 4. The average molecular weight is 315 g/mol. The molecule has 1 aliphatic heterocycles. The van der Waals surface area contributed by atoms with E-state index in [4.69, 9.17) is 5.73 Å². The first kappa shape index (κ1) is 15.8. The summed E-state index contributed by atoms with van der Waals surface area (Å²) in [6, 6.07) is 15.1. The molecule has 3 rings (SSSR count). The summed E-state index contributed by atoms with van der Waals surface area (Å²) in [7, 11) is 1.94. The molecule has 0 unspecified atom stereocenters. The lowest BCUT2D eigenvalue weighted by Gasteiger charge is -2.46. The van der Waals surface area contributed by atoms with Crippen LogP contribution in [0, 0.1) is 45.3 Å². The molecule has 0 saturated heterocycles. The molecule has 1 aromatic rings. The van der Waals surface area contributed by atoms with Crippen molar-refractivity contribution >= 4 is 0 Å². The lowest BCUT2D eigenvalue weighted by Crippen LogP contribution is -2.53. The summed E-state index contributed by atoms with van der Waals surface area (Å²) < 4.78 is 0. The molecule has 0 saturated carbocycles. The van der Waals surface area contributed by atoms with Gasteiger partial charge in [-0.15, -0.1) is 0 Å². The molecule has 0 amide bonds. The Morgan fingerprint density at radius 1 is 1.17 bits per heavy atom. The summed E-state index contributed by atoms with van der Waals surface area (Å²) in [5.74, 6) is -0.514. The standard InChI is InChI=1S/C19H17N5/c1-24-8-7-14-15(9-20)18(23)19(11-21,12-22)17(16(14)10-24)13-5-3-2-4-6-13/h2-8,16-18H,10,23H2,1H3/t16-,17-,18+/m0/s1. The van der Waals surface area contributed by atoms with Gasteiger partial charge < -0.3 is 10.6 Å². The number of allylic oxidation sites excluding steroid dienone is 1. The SMILES string of the molecule is CN1C=CC2=C(C#N)[C@@H](N)C(C#N)(C#N)[C@@H](c3ccccc3)[C@H]2C1. The van der Waals surface area contributed by atoms with Crippen molar-refractivity contribution in [2.24, 2.45) is 17.1 Å². The zero-order valence-electron chi connectivity index (χ0n) is 13.3. The van der Waals surface area contributed by atoms with Crippen LogP contribution in [-0.2, 0) is 0 Å². The van der Waals surface area contributed by atoms with Gasteiger partial charge in [0, 0.05) is 25.4 Å². The molecular weight excluding hydrogens is 298 g/mol. The van der Waals surface area contributed by atoms with E-state index in [1.165, 1.54) is 0 Å². The summed E-state index contributed by atoms with van der Waals surface area (Å²) in [6.07, 6.45) is 3.80. The minimum absolute atomic E-state index is 0.129. The second-order valence-electron chi connectivity index (χ2n) is 6.30. The van der Waals surface area contributed by atoms with Gasteiger partial charge in [-0.1, -0.05) is 30.3 Å². The van der Waals surface area contributed by atoms with Crippen LogP contribution in [0.1, 0.15) is 11.5 Å². The smallest absolute Gasteiger partial charge is 0.170 e. The molecule has 5 nitrogen and oxygen atoms in total. The van der Waals surface area contributed by atoms with Gasteiger partial charge in [-0.3, -0.25) is 0 Å². The van der Waals surface area contributed by atoms with Gasteiger partial charge >= 0.3 is 0 Å². The molecule has 118 valence electrons. The Labute approximate surface area is 141 Å². The van der Waals surface area contributed by atoms with Crippen molar-refractivity contribution < 1.29 is 0 Å². The van der Waals surface area contributed by atoms with Crippen LogP contribution in [-0.4, -0.2) is 24.5 Å². The van der Waals surface area contributed by atoms with E-state index in [2.05, 4.69) is 18.2 Å². The summed E-state index contributed by atoms with van der Waals surface area (Å²) >= 11 is 0. The number of hydrogen-bond donors (Lipinski definition) is 1. The third-order valence-corrected chi connectivity index (χ3v) is 5.05. The Bertz CT molecular complexity index is 817. The highest BCUT2D eigenvalue weighted by Gasteiger charge is 2.55. The predicted molar refractivity (Wildman–Crippen MR) is 88.7 cm³/mol. The highest BCUT2D eigenvalue weighted by molar-refractivity contribution is 5.53. The molecule has 1 aromatic carbocycles. The molecule has 2 N–H and O–H groups in total. The molecule has 0 radical (unpaired) electrons. The molecule has 1 heterocycles. The lowest BCUT2D eigenvalue weighted by atomic mass is 9.56. The van der Waals surface area contributed by atoms with Gasteiger partial charge in [0.1, 0.15) is 0 Å². The van der Waals surface area contributed by atoms with Gasteiger partial charge in [0.25, 0.3) is 0 Å². The highest BCUT2D eigenvalue weighted by atomic mass is 15.1. The second-order valence-corrected chi connectivity index (χ2v) is 6.30. The molecule has 2 aliphatic rings. The van der Waals surface area contributed by atoms with Crippen molar-refractivity contribution in [3.63, 3.8) is 0 Å². The zero-order chi connectivity index (χ0) is 17.3. The number of benzene rings is 1. The lowest BCUT2D eigenvalue weighted by molar-refractivity contribution is 0.229. The van der Waals surface area contributed by atoms with Gasteiger partial charge in [0.2, 0.25) is 0 Å².